The van der Waals surface area contributed by atoms with Crippen LogP contribution in [0.1, 0.15) is 252 Å². The SMILES string of the molecule is CC/C=C\C/C=C\C/C=C\C/C=C\C/C=C\C/C=C\CCCCCCC(=O)OC(COC(=O)CC/C=C\C/C=C\C/C=C\C/C=C\CC)COC(=O)CCCCCCCCCCCCCC/C=C\C/C=C\C/C=C\C/C=C\CC. The van der Waals surface area contributed by atoms with Crippen LogP contribution in [0.3, 0.4) is 0 Å². The van der Waals surface area contributed by atoms with Crippen LogP contribution in [0.15, 0.2) is 170 Å². The highest BCUT2D eigenvalue weighted by Gasteiger charge is 2.19. The molecule has 442 valence electrons. The maximum Gasteiger partial charge on any atom is 0.306 e. The first-order valence-corrected chi connectivity index (χ1v) is 31.6. The third-order valence-corrected chi connectivity index (χ3v) is 12.7. The van der Waals surface area contributed by atoms with Crippen molar-refractivity contribution in [2.45, 2.75) is 258 Å². The molecule has 0 bridgehead atoms. The maximum absolute atomic E-state index is 12.9. The van der Waals surface area contributed by atoms with Crippen LogP contribution in [-0.4, -0.2) is 37.2 Å². The largest absolute Gasteiger partial charge is 0.462 e. The molecule has 0 aliphatic rings. The number of hydrogen-bond donors (Lipinski definition) is 0. The molecule has 0 aromatic rings. The van der Waals surface area contributed by atoms with Gasteiger partial charge in [0.2, 0.25) is 0 Å². The van der Waals surface area contributed by atoms with Crippen molar-refractivity contribution in [1.82, 2.24) is 0 Å². The minimum absolute atomic E-state index is 0.119. The van der Waals surface area contributed by atoms with Crippen molar-refractivity contribution in [2.24, 2.45) is 0 Å². The van der Waals surface area contributed by atoms with E-state index in [4.69, 9.17) is 14.2 Å². The highest BCUT2D eigenvalue weighted by molar-refractivity contribution is 5.71. The van der Waals surface area contributed by atoms with Gasteiger partial charge in [-0.15, -0.1) is 0 Å². The van der Waals surface area contributed by atoms with Gasteiger partial charge >= 0.3 is 17.9 Å². The Balaban J connectivity index is 4.45. The van der Waals surface area contributed by atoms with Crippen LogP contribution in [0, 0.1) is 0 Å². The molecule has 0 aliphatic heterocycles. The Bertz CT molecular complexity index is 1820. The van der Waals surface area contributed by atoms with E-state index < -0.39 is 6.10 Å². The highest BCUT2D eigenvalue weighted by atomic mass is 16.6. The van der Waals surface area contributed by atoms with Gasteiger partial charge < -0.3 is 14.2 Å². The molecule has 0 aromatic heterocycles. The van der Waals surface area contributed by atoms with E-state index in [2.05, 4.69) is 179 Å². The molecule has 79 heavy (non-hydrogen) atoms. The summed E-state index contributed by atoms with van der Waals surface area (Å²) in [5.74, 6) is -1.04. The average Bonchev–Trinajstić information content (AvgIpc) is 3.45. The summed E-state index contributed by atoms with van der Waals surface area (Å²) in [6.45, 7) is 6.20. The summed E-state index contributed by atoms with van der Waals surface area (Å²) in [6.07, 6.45) is 96.6. The third-order valence-electron chi connectivity index (χ3n) is 12.7. The Kier molecular flexibility index (Phi) is 61.0. The van der Waals surface area contributed by atoms with Crippen molar-refractivity contribution in [3.8, 4) is 0 Å². The molecule has 1 atom stereocenters. The summed E-state index contributed by atoms with van der Waals surface area (Å²) in [5, 5.41) is 0. The minimum Gasteiger partial charge on any atom is -0.462 e. The van der Waals surface area contributed by atoms with Crippen LogP contribution < -0.4 is 0 Å². The molecule has 0 saturated carbocycles. The molecule has 0 aromatic carbocycles. The lowest BCUT2D eigenvalue weighted by molar-refractivity contribution is -0.166. The second-order valence-corrected chi connectivity index (χ2v) is 20.2. The first-order chi connectivity index (χ1) is 39.0. The zero-order valence-electron chi connectivity index (χ0n) is 50.6. The van der Waals surface area contributed by atoms with Crippen molar-refractivity contribution in [1.29, 1.82) is 0 Å². The van der Waals surface area contributed by atoms with Gasteiger partial charge in [0, 0.05) is 19.3 Å². The van der Waals surface area contributed by atoms with Crippen molar-refractivity contribution in [2.75, 3.05) is 13.2 Å². The van der Waals surface area contributed by atoms with Gasteiger partial charge in [0.1, 0.15) is 13.2 Å². The number of esters is 3. The lowest BCUT2D eigenvalue weighted by Crippen LogP contribution is -2.30. The molecule has 0 aliphatic carbocycles. The van der Waals surface area contributed by atoms with Gasteiger partial charge in [-0.2, -0.15) is 0 Å². The average molecular weight is 1090 g/mol. The topological polar surface area (TPSA) is 78.9 Å². The van der Waals surface area contributed by atoms with Crippen LogP contribution in [0.4, 0.5) is 0 Å². The summed E-state index contributed by atoms with van der Waals surface area (Å²) >= 11 is 0. The molecule has 0 radical (unpaired) electrons. The van der Waals surface area contributed by atoms with Crippen LogP contribution in [0.5, 0.6) is 0 Å². The fourth-order valence-electron chi connectivity index (χ4n) is 8.10. The number of carbonyl (C=O) groups is 3. The smallest absolute Gasteiger partial charge is 0.306 e. The number of unbranched alkanes of at least 4 members (excludes halogenated alkanes) is 16. The Hall–Kier alpha value is -5.23. The molecule has 0 spiro atoms. The second-order valence-electron chi connectivity index (χ2n) is 20.2. The first-order valence-electron chi connectivity index (χ1n) is 31.6. The maximum atomic E-state index is 12.9. The molecular weight excluding hydrogens is 973 g/mol. The van der Waals surface area contributed by atoms with Crippen LogP contribution in [0.25, 0.3) is 0 Å². The number of carbonyl (C=O) groups excluding carboxylic acids is 3. The summed E-state index contributed by atoms with van der Waals surface area (Å²) in [7, 11) is 0. The molecule has 6 heteroatoms. The third kappa shape index (κ3) is 63.5. The van der Waals surface area contributed by atoms with Crippen LogP contribution >= 0.6 is 0 Å². The van der Waals surface area contributed by atoms with E-state index in [0.29, 0.717) is 12.8 Å². The number of hydrogen-bond acceptors (Lipinski definition) is 6. The van der Waals surface area contributed by atoms with Gasteiger partial charge in [0.15, 0.2) is 6.10 Å². The van der Waals surface area contributed by atoms with Gasteiger partial charge in [-0.25, -0.2) is 0 Å². The summed E-state index contributed by atoms with van der Waals surface area (Å²) in [4.78, 5) is 38.3. The van der Waals surface area contributed by atoms with Gasteiger partial charge in [0.25, 0.3) is 0 Å². The summed E-state index contributed by atoms with van der Waals surface area (Å²) in [6, 6.07) is 0. The summed E-state index contributed by atoms with van der Waals surface area (Å²) < 4.78 is 16.8. The molecule has 0 fully saturated rings. The molecule has 0 saturated heterocycles. The van der Waals surface area contributed by atoms with Crippen molar-refractivity contribution in [3.63, 3.8) is 0 Å². The zero-order chi connectivity index (χ0) is 57.1. The Labute approximate surface area is 485 Å². The lowest BCUT2D eigenvalue weighted by Gasteiger charge is -2.18. The number of rotatable bonds is 55. The second kappa shape index (κ2) is 65.3. The molecule has 1 unspecified atom stereocenters. The number of ether oxygens (including phenoxy) is 3. The van der Waals surface area contributed by atoms with Gasteiger partial charge in [-0.3, -0.25) is 14.4 Å². The van der Waals surface area contributed by atoms with E-state index in [1.54, 1.807) is 0 Å². The Morgan fingerprint density at radius 3 is 0.785 bits per heavy atom. The fourth-order valence-corrected chi connectivity index (χ4v) is 8.10. The van der Waals surface area contributed by atoms with E-state index in [-0.39, 0.29) is 44.0 Å². The highest BCUT2D eigenvalue weighted by Crippen LogP contribution is 2.15. The zero-order valence-corrected chi connectivity index (χ0v) is 50.6. The first kappa shape index (κ1) is 73.8. The molecule has 0 N–H and O–H groups in total. The van der Waals surface area contributed by atoms with Crippen molar-refractivity contribution < 1.29 is 28.6 Å². The molecule has 0 rings (SSSR count). The van der Waals surface area contributed by atoms with Crippen LogP contribution in [0.2, 0.25) is 0 Å². The van der Waals surface area contributed by atoms with Crippen molar-refractivity contribution in [3.05, 3.63) is 170 Å². The summed E-state index contributed by atoms with van der Waals surface area (Å²) in [5.41, 5.74) is 0. The van der Waals surface area contributed by atoms with Crippen LogP contribution in [-0.2, 0) is 28.6 Å². The van der Waals surface area contributed by atoms with E-state index in [9.17, 15) is 14.4 Å². The minimum atomic E-state index is -0.831. The molecule has 6 nitrogen and oxygen atoms in total. The monoisotopic (exact) mass is 1090 g/mol. The number of allylic oxidation sites excluding steroid dienone is 28. The van der Waals surface area contributed by atoms with Crippen molar-refractivity contribution >= 4 is 17.9 Å². The lowest BCUT2D eigenvalue weighted by atomic mass is 10.0. The van der Waals surface area contributed by atoms with Gasteiger partial charge in [-0.05, 0) is 135 Å². The molecule has 0 heterocycles. The molecular formula is C73H114O6. The van der Waals surface area contributed by atoms with E-state index in [1.807, 2.05) is 12.2 Å². The normalized spacial score (nSPS) is 13.3. The Morgan fingerprint density at radius 2 is 0.481 bits per heavy atom. The fraction of sp³-hybridized carbons (Fsp3) is 0.575. The standard InChI is InChI=1S/C73H114O6/c1-4-7-10-13-16-19-22-25-27-29-31-33-35-36-38-39-41-43-45-48-51-54-57-60-63-66-72(75)78-69-70(68-77-71(74)65-62-59-56-53-50-47-24-21-18-15-12-9-6-3)79-73(76)67-64-61-58-55-52-49-46-44-42-40-37-34-32-30-28-26-23-20-17-14-11-8-5-2/h7-12,16-21,25-28,31-34,40,42,46-47,49-50,56,59,70H,4-6,13-15,22-24,29-30,35-39,41,43-45,48,51-55,57-58,60-69H2,1-3H3/b10-7-,11-8-,12-9-,19-16-,20-17-,21-18-,27-25-,28-26-,33-31-,34-32-,42-40-,49-46-,50-47-,59-56-. The molecule has 0 amide bonds. The van der Waals surface area contributed by atoms with E-state index in [1.165, 1.54) is 64.2 Å². The quantitative estimate of drug-likeness (QED) is 0.0261. The predicted octanol–water partition coefficient (Wildman–Crippen LogP) is 21.9. The van der Waals surface area contributed by atoms with Gasteiger partial charge in [0.05, 0.1) is 0 Å². The van der Waals surface area contributed by atoms with Gasteiger partial charge in [-0.1, -0.05) is 268 Å². The Morgan fingerprint density at radius 1 is 0.253 bits per heavy atom. The van der Waals surface area contributed by atoms with E-state index >= 15 is 0 Å². The van der Waals surface area contributed by atoms with E-state index in [0.717, 1.165) is 141 Å². The predicted molar refractivity (Wildman–Crippen MR) is 343 cm³/mol.